The number of carbonyl (C=O) groups is 1. The van der Waals surface area contributed by atoms with Gasteiger partial charge in [0.15, 0.2) is 0 Å². The van der Waals surface area contributed by atoms with Crippen LogP contribution in [-0.2, 0) is 19.0 Å². The number of fused-ring (bicyclic) bond motifs is 2. The first kappa shape index (κ1) is 21.1. The summed E-state index contributed by atoms with van der Waals surface area (Å²) in [6.07, 6.45) is 8.36. The van der Waals surface area contributed by atoms with Crippen molar-refractivity contribution < 1.29 is 19.0 Å². The third-order valence-electron chi connectivity index (χ3n) is 7.00. The van der Waals surface area contributed by atoms with Gasteiger partial charge in [-0.2, -0.15) is 0 Å². The van der Waals surface area contributed by atoms with Crippen LogP contribution in [0.4, 0.5) is 5.69 Å². The minimum atomic E-state index is -0.775. The Bertz CT molecular complexity index is 1010. The molecule has 1 saturated carbocycles. The van der Waals surface area contributed by atoms with E-state index in [4.69, 9.17) is 25.8 Å². The van der Waals surface area contributed by atoms with Gasteiger partial charge in [0, 0.05) is 22.5 Å². The van der Waals surface area contributed by atoms with E-state index in [1.807, 2.05) is 24.3 Å². The largest absolute Gasteiger partial charge is 0.492 e. The highest BCUT2D eigenvalue weighted by molar-refractivity contribution is 9.12. The lowest BCUT2D eigenvalue weighted by molar-refractivity contribution is -0.147. The van der Waals surface area contributed by atoms with Crippen molar-refractivity contribution in [2.75, 3.05) is 25.6 Å². The first-order valence-electron chi connectivity index (χ1n) is 10.7. The summed E-state index contributed by atoms with van der Waals surface area (Å²) in [5.74, 6) is 0.679. The maximum atomic E-state index is 12.9. The van der Waals surface area contributed by atoms with Crippen LogP contribution in [0.15, 0.2) is 57.8 Å². The summed E-state index contributed by atoms with van der Waals surface area (Å²) >= 11 is 10.00. The number of anilines is 1. The summed E-state index contributed by atoms with van der Waals surface area (Å²) in [7, 11) is 1.45. The Morgan fingerprint density at radius 1 is 1.26 bits per heavy atom. The molecule has 1 aromatic rings. The number of ether oxygens (including phenoxy) is 3. The van der Waals surface area contributed by atoms with Crippen LogP contribution < -0.4 is 5.32 Å². The Kier molecular flexibility index (Phi) is 5.43. The molecular weight excluding hydrogens is 482 g/mol. The van der Waals surface area contributed by atoms with Crippen molar-refractivity contribution in [2.45, 2.75) is 43.7 Å². The second kappa shape index (κ2) is 7.98. The lowest BCUT2D eigenvalue weighted by Crippen LogP contribution is -2.51. The van der Waals surface area contributed by atoms with Crippen molar-refractivity contribution in [3.8, 4) is 0 Å². The van der Waals surface area contributed by atoms with Gasteiger partial charge in [-0.3, -0.25) is 0 Å². The van der Waals surface area contributed by atoms with E-state index in [-0.39, 0.29) is 17.5 Å². The molecular formula is C24H25BrClNO4. The first-order valence-corrected chi connectivity index (χ1v) is 11.8. The molecule has 0 amide bonds. The molecule has 4 aliphatic rings. The number of carbonyl (C=O) groups excluding carboxylic acids is 1. The second-order valence-corrected chi connectivity index (χ2v) is 9.92. The zero-order valence-electron chi connectivity index (χ0n) is 17.4. The average molecular weight is 507 g/mol. The number of benzene rings is 1. The molecule has 0 bridgehead atoms. The van der Waals surface area contributed by atoms with Gasteiger partial charge < -0.3 is 19.5 Å². The summed E-state index contributed by atoms with van der Waals surface area (Å²) < 4.78 is 18.1. The smallest absolute Gasteiger partial charge is 0.331 e. The number of methoxy groups -OCH3 is 1. The number of esters is 1. The van der Waals surface area contributed by atoms with Gasteiger partial charge in [0.05, 0.1) is 18.2 Å². The van der Waals surface area contributed by atoms with Gasteiger partial charge in [-0.15, -0.1) is 0 Å². The Balaban J connectivity index is 1.43. The monoisotopic (exact) mass is 505 g/mol. The Labute approximate surface area is 195 Å². The summed E-state index contributed by atoms with van der Waals surface area (Å²) in [6, 6.07) is 7.48. The van der Waals surface area contributed by atoms with Gasteiger partial charge >= 0.3 is 5.97 Å². The van der Waals surface area contributed by atoms with Crippen molar-refractivity contribution >= 4 is 39.2 Å². The summed E-state index contributed by atoms with van der Waals surface area (Å²) in [6.45, 7) is 1.21. The molecule has 1 atom stereocenters. The van der Waals surface area contributed by atoms with Crippen LogP contribution in [0, 0.1) is 5.41 Å². The lowest BCUT2D eigenvalue weighted by Gasteiger charge is -2.45. The molecule has 1 heterocycles. The number of rotatable bonds is 3. The van der Waals surface area contributed by atoms with E-state index in [0.717, 1.165) is 35.2 Å². The number of nitrogens with one attached hydrogen (secondary N) is 1. The first-order chi connectivity index (χ1) is 15.0. The predicted octanol–water partition coefficient (Wildman–Crippen LogP) is 5.52. The molecule has 1 aromatic carbocycles. The Morgan fingerprint density at radius 2 is 2.06 bits per heavy atom. The molecule has 7 heteroatoms. The summed E-state index contributed by atoms with van der Waals surface area (Å²) in [4.78, 5) is 12.9. The molecule has 2 fully saturated rings. The highest BCUT2D eigenvalue weighted by Crippen LogP contribution is 2.58. The zero-order valence-corrected chi connectivity index (χ0v) is 19.7. The van der Waals surface area contributed by atoms with Gasteiger partial charge in [0.1, 0.15) is 24.0 Å². The van der Waals surface area contributed by atoms with Crippen molar-refractivity contribution in [2.24, 2.45) is 5.41 Å². The highest BCUT2D eigenvalue weighted by atomic mass is 79.9. The standard InChI is InChI=1S/C24H25BrClNO4/c1-29-22(28)24(27-17-4-2-3-16(26)14-17)9-7-23(8-10-24)6-5-15-13-18-21(20(25)19(15)23)31-12-11-30-18/h2-6,14,18,27H,7-13H2,1H3. The van der Waals surface area contributed by atoms with E-state index in [1.54, 1.807) is 0 Å². The minimum absolute atomic E-state index is 0.0103. The SMILES string of the molecule is COC(=O)C1(Nc2cccc(Cl)c2)CCC2(C=CC3=C2C(Br)=C2OCCOC2C3)CC1. The quantitative estimate of drug-likeness (QED) is 0.547. The number of halogens is 2. The van der Waals surface area contributed by atoms with Crippen molar-refractivity contribution in [1.82, 2.24) is 0 Å². The number of allylic oxidation sites excluding steroid dienone is 4. The minimum Gasteiger partial charge on any atom is -0.492 e. The van der Waals surface area contributed by atoms with E-state index in [9.17, 15) is 4.79 Å². The van der Waals surface area contributed by atoms with E-state index < -0.39 is 5.54 Å². The summed E-state index contributed by atoms with van der Waals surface area (Å²) in [5.41, 5.74) is 2.54. The molecule has 164 valence electrons. The molecule has 31 heavy (non-hydrogen) atoms. The second-order valence-electron chi connectivity index (χ2n) is 8.69. The van der Waals surface area contributed by atoms with Crippen LogP contribution in [0.1, 0.15) is 32.1 Å². The van der Waals surface area contributed by atoms with Gasteiger partial charge in [-0.05, 0) is 71.0 Å². The zero-order chi connectivity index (χ0) is 21.6. The third kappa shape index (κ3) is 3.53. The fourth-order valence-corrected chi connectivity index (χ4v) is 6.63. The molecule has 1 saturated heterocycles. The average Bonchev–Trinajstić information content (AvgIpc) is 3.13. The number of hydrogen-bond acceptors (Lipinski definition) is 5. The van der Waals surface area contributed by atoms with Crippen molar-refractivity contribution in [1.29, 1.82) is 0 Å². The third-order valence-corrected chi connectivity index (χ3v) is 8.02. The molecule has 1 spiro atoms. The van der Waals surface area contributed by atoms with Crippen LogP contribution in [0.25, 0.3) is 0 Å². The van der Waals surface area contributed by atoms with Crippen LogP contribution >= 0.6 is 27.5 Å². The van der Waals surface area contributed by atoms with Crippen LogP contribution in [0.3, 0.4) is 0 Å². The molecule has 1 N–H and O–H groups in total. The fourth-order valence-electron chi connectivity index (χ4n) is 5.42. The summed E-state index contributed by atoms with van der Waals surface area (Å²) in [5, 5.41) is 4.09. The van der Waals surface area contributed by atoms with Crippen molar-refractivity contribution in [3.63, 3.8) is 0 Å². The normalized spacial score (nSPS) is 31.9. The molecule has 1 unspecified atom stereocenters. The Morgan fingerprint density at radius 3 is 2.81 bits per heavy atom. The van der Waals surface area contributed by atoms with E-state index in [0.29, 0.717) is 31.1 Å². The predicted molar refractivity (Wildman–Crippen MR) is 123 cm³/mol. The van der Waals surface area contributed by atoms with Crippen LogP contribution in [0.5, 0.6) is 0 Å². The van der Waals surface area contributed by atoms with Crippen molar-refractivity contribution in [3.05, 3.63) is 62.8 Å². The highest BCUT2D eigenvalue weighted by Gasteiger charge is 2.52. The van der Waals surface area contributed by atoms with E-state index in [2.05, 4.69) is 33.4 Å². The molecule has 1 aliphatic heterocycles. The molecule has 5 rings (SSSR count). The molecule has 0 radical (unpaired) electrons. The molecule has 0 aromatic heterocycles. The van der Waals surface area contributed by atoms with Gasteiger partial charge in [0.25, 0.3) is 0 Å². The van der Waals surface area contributed by atoms with Gasteiger partial charge in [0.2, 0.25) is 0 Å². The fraction of sp³-hybridized carbons (Fsp3) is 0.458. The maximum Gasteiger partial charge on any atom is 0.331 e. The lowest BCUT2D eigenvalue weighted by atomic mass is 9.64. The van der Waals surface area contributed by atoms with E-state index >= 15 is 0 Å². The van der Waals surface area contributed by atoms with Crippen LogP contribution in [0.2, 0.25) is 5.02 Å². The Hall–Kier alpha value is -1.76. The molecule has 5 nitrogen and oxygen atoms in total. The topological polar surface area (TPSA) is 56.8 Å². The van der Waals surface area contributed by atoms with Gasteiger partial charge in [-0.25, -0.2) is 4.79 Å². The number of hydrogen-bond donors (Lipinski definition) is 1. The van der Waals surface area contributed by atoms with Crippen LogP contribution in [-0.4, -0.2) is 37.9 Å². The van der Waals surface area contributed by atoms with Gasteiger partial charge in [-0.1, -0.05) is 29.8 Å². The van der Waals surface area contributed by atoms with E-state index in [1.165, 1.54) is 18.3 Å². The molecule has 3 aliphatic carbocycles. The maximum absolute atomic E-state index is 12.9.